The van der Waals surface area contributed by atoms with E-state index >= 15 is 0 Å². The summed E-state index contributed by atoms with van der Waals surface area (Å²) in [4.78, 5) is 52.2. The standard InChI is InChI=1S/C24H31N3O6S/c1-6-15-7-9-16(10-8-15)20(21(29)25-13-19(28)32-5)27(17-11-12-17)22(30)18(14-34)26-23(31)33-24(2,3)4/h1,7-10,17-18,20,34H,11-14H2,2-5H3,(H,25,29)(H,26,31). The van der Waals surface area contributed by atoms with Crippen LogP contribution in [0.1, 0.15) is 50.8 Å². The van der Waals surface area contributed by atoms with Crippen LogP contribution in [0.5, 0.6) is 0 Å². The Morgan fingerprint density at radius 2 is 1.82 bits per heavy atom. The van der Waals surface area contributed by atoms with Crippen LogP contribution < -0.4 is 10.6 Å². The highest BCUT2D eigenvalue weighted by atomic mass is 32.1. The maximum atomic E-state index is 13.6. The number of terminal acetylenes is 1. The lowest BCUT2D eigenvalue weighted by Gasteiger charge is -2.34. The predicted octanol–water partition coefficient (Wildman–Crippen LogP) is 1.81. The quantitative estimate of drug-likeness (QED) is 0.277. The molecule has 0 saturated heterocycles. The van der Waals surface area contributed by atoms with Crippen LogP contribution in [-0.2, 0) is 23.9 Å². The first-order chi connectivity index (χ1) is 16.0. The van der Waals surface area contributed by atoms with Crippen molar-refractivity contribution in [3.05, 3.63) is 35.4 Å². The lowest BCUT2D eigenvalue weighted by molar-refractivity contribution is -0.145. The summed E-state index contributed by atoms with van der Waals surface area (Å²) in [5.41, 5.74) is 0.373. The molecule has 0 radical (unpaired) electrons. The van der Waals surface area contributed by atoms with E-state index in [1.165, 1.54) is 12.0 Å². The first kappa shape index (κ1) is 27.1. The highest BCUT2D eigenvalue weighted by Gasteiger charge is 2.43. The molecule has 2 rings (SSSR count). The second-order valence-corrected chi connectivity index (χ2v) is 9.19. The Morgan fingerprint density at radius 3 is 2.29 bits per heavy atom. The Labute approximate surface area is 205 Å². The van der Waals surface area contributed by atoms with Crippen molar-refractivity contribution in [2.24, 2.45) is 0 Å². The van der Waals surface area contributed by atoms with Crippen molar-refractivity contribution in [3.8, 4) is 12.3 Å². The summed E-state index contributed by atoms with van der Waals surface area (Å²) < 4.78 is 9.86. The first-order valence-electron chi connectivity index (χ1n) is 10.8. The number of methoxy groups -OCH3 is 1. The zero-order valence-corrected chi connectivity index (χ0v) is 20.7. The zero-order chi connectivity index (χ0) is 25.5. The van der Waals surface area contributed by atoms with E-state index in [0.29, 0.717) is 24.0 Å². The number of carbonyl (C=O) groups is 4. The van der Waals surface area contributed by atoms with E-state index in [2.05, 4.69) is 33.9 Å². The summed E-state index contributed by atoms with van der Waals surface area (Å²) in [5, 5.41) is 5.08. The largest absolute Gasteiger partial charge is 0.468 e. The highest BCUT2D eigenvalue weighted by molar-refractivity contribution is 7.80. The van der Waals surface area contributed by atoms with E-state index < -0.39 is 41.6 Å². The number of rotatable bonds is 9. The maximum Gasteiger partial charge on any atom is 0.408 e. The summed E-state index contributed by atoms with van der Waals surface area (Å²) in [6.07, 6.45) is 6.07. The highest BCUT2D eigenvalue weighted by Crippen LogP contribution is 2.35. The van der Waals surface area contributed by atoms with Crippen LogP contribution in [0.2, 0.25) is 0 Å². The molecule has 9 nitrogen and oxygen atoms in total. The Hall–Kier alpha value is -3.19. The molecule has 2 N–H and O–H groups in total. The van der Waals surface area contributed by atoms with Gasteiger partial charge in [-0.05, 0) is 51.3 Å². The van der Waals surface area contributed by atoms with Gasteiger partial charge in [0.05, 0.1) is 7.11 Å². The third-order valence-electron chi connectivity index (χ3n) is 4.92. The van der Waals surface area contributed by atoms with Crippen molar-refractivity contribution in [2.45, 2.75) is 57.3 Å². The van der Waals surface area contributed by atoms with Gasteiger partial charge in [0.1, 0.15) is 24.2 Å². The minimum Gasteiger partial charge on any atom is -0.468 e. The van der Waals surface area contributed by atoms with Gasteiger partial charge in [-0.3, -0.25) is 14.4 Å². The lowest BCUT2D eigenvalue weighted by atomic mass is 10.0. The van der Waals surface area contributed by atoms with Crippen molar-refractivity contribution >= 4 is 36.5 Å². The van der Waals surface area contributed by atoms with E-state index in [-0.39, 0.29) is 18.3 Å². The number of ether oxygens (including phenoxy) is 2. The average molecular weight is 490 g/mol. The van der Waals surface area contributed by atoms with Gasteiger partial charge >= 0.3 is 12.1 Å². The normalized spacial score (nSPS) is 14.7. The van der Waals surface area contributed by atoms with Crippen LogP contribution in [0.3, 0.4) is 0 Å². The molecule has 2 atom stereocenters. The molecule has 0 aromatic heterocycles. The third kappa shape index (κ3) is 7.70. The Bertz CT molecular complexity index is 947. The maximum absolute atomic E-state index is 13.6. The smallest absolute Gasteiger partial charge is 0.408 e. The molecule has 0 spiro atoms. The van der Waals surface area contributed by atoms with Gasteiger partial charge in [-0.2, -0.15) is 12.6 Å². The van der Waals surface area contributed by atoms with Crippen molar-refractivity contribution < 1.29 is 28.7 Å². The summed E-state index contributed by atoms with van der Waals surface area (Å²) in [6, 6.07) is 4.37. The molecule has 3 amide bonds. The summed E-state index contributed by atoms with van der Waals surface area (Å²) in [7, 11) is 1.21. The van der Waals surface area contributed by atoms with Gasteiger partial charge in [0, 0.05) is 17.4 Å². The molecule has 1 saturated carbocycles. The van der Waals surface area contributed by atoms with Crippen LogP contribution in [0.4, 0.5) is 4.79 Å². The van der Waals surface area contributed by atoms with Crippen LogP contribution in [0, 0.1) is 12.3 Å². The molecule has 0 aliphatic heterocycles. The molecule has 1 fully saturated rings. The van der Waals surface area contributed by atoms with Crippen molar-refractivity contribution in [3.63, 3.8) is 0 Å². The van der Waals surface area contributed by atoms with E-state index in [1.54, 1.807) is 45.0 Å². The van der Waals surface area contributed by atoms with E-state index in [4.69, 9.17) is 11.2 Å². The van der Waals surface area contributed by atoms with Gasteiger partial charge in [0.15, 0.2) is 0 Å². The fraction of sp³-hybridized carbons (Fsp3) is 0.500. The number of hydrogen-bond donors (Lipinski definition) is 3. The Kier molecular flexibility index (Phi) is 9.38. The van der Waals surface area contributed by atoms with Gasteiger partial charge < -0.3 is 25.0 Å². The van der Waals surface area contributed by atoms with Gasteiger partial charge in [-0.1, -0.05) is 18.1 Å². The number of alkyl carbamates (subject to hydrolysis) is 1. The molecule has 184 valence electrons. The van der Waals surface area contributed by atoms with Crippen molar-refractivity contribution in [1.29, 1.82) is 0 Å². The number of thiol groups is 1. The molecule has 10 heteroatoms. The third-order valence-corrected chi connectivity index (χ3v) is 5.29. The molecule has 0 bridgehead atoms. The van der Waals surface area contributed by atoms with E-state index in [0.717, 1.165) is 0 Å². The number of nitrogens with one attached hydrogen (secondary N) is 2. The molecular formula is C24H31N3O6S. The van der Waals surface area contributed by atoms with Gasteiger partial charge in [-0.15, -0.1) is 6.42 Å². The number of amides is 3. The molecule has 1 aromatic rings. The second kappa shape index (κ2) is 11.8. The topological polar surface area (TPSA) is 114 Å². The van der Waals surface area contributed by atoms with Crippen LogP contribution in [0.25, 0.3) is 0 Å². The molecule has 1 aliphatic rings. The summed E-state index contributed by atoms with van der Waals surface area (Å²) in [5.74, 6) is 0.834. The molecule has 1 aromatic carbocycles. The lowest BCUT2D eigenvalue weighted by Crippen LogP contribution is -2.54. The zero-order valence-electron chi connectivity index (χ0n) is 19.8. The molecular weight excluding hydrogens is 458 g/mol. The monoisotopic (exact) mass is 489 g/mol. The minimum absolute atomic E-state index is 0.00612. The van der Waals surface area contributed by atoms with E-state index in [1.807, 2.05) is 0 Å². The van der Waals surface area contributed by atoms with Crippen molar-refractivity contribution in [1.82, 2.24) is 15.5 Å². The number of carbonyl (C=O) groups excluding carboxylic acids is 4. The minimum atomic E-state index is -1.06. The Balaban J connectivity index is 2.37. The van der Waals surface area contributed by atoms with Crippen molar-refractivity contribution in [2.75, 3.05) is 19.4 Å². The fourth-order valence-corrected chi connectivity index (χ4v) is 3.46. The predicted molar refractivity (Wildman–Crippen MR) is 129 cm³/mol. The second-order valence-electron chi connectivity index (χ2n) is 8.82. The number of benzene rings is 1. The SMILES string of the molecule is C#Cc1ccc(C(C(=O)NCC(=O)OC)N(C(=O)C(CS)NC(=O)OC(C)(C)C)C2CC2)cc1. The van der Waals surface area contributed by atoms with Gasteiger partial charge in [0.2, 0.25) is 11.8 Å². The van der Waals surface area contributed by atoms with Gasteiger partial charge in [-0.25, -0.2) is 4.79 Å². The average Bonchev–Trinajstić information content (AvgIpc) is 3.62. The van der Waals surface area contributed by atoms with Crippen LogP contribution in [0.15, 0.2) is 24.3 Å². The molecule has 1 aliphatic carbocycles. The molecule has 2 unspecified atom stereocenters. The summed E-state index contributed by atoms with van der Waals surface area (Å²) >= 11 is 4.24. The summed E-state index contributed by atoms with van der Waals surface area (Å²) in [6.45, 7) is 4.78. The Morgan fingerprint density at radius 1 is 1.21 bits per heavy atom. The molecule has 34 heavy (non-hydrogen) atoms. The number of esters is 1. The van der Waals surface area contributed by atoms with Crippen LogP contribution >= 0.6 is 12.6 Å². The van der Waals surface area contributed by atoms with Gasteiger partial charge in [0.25, 0.3) is 0 Å². The number of nitrogens with zero attached hydrogens (tertiary/aromatic N) is 1. The number of hydrogen-bond acceptors (Lipinski definition) is 7. The van der Waals surface area contributed by atoms with Crippen LogP contribution in [-0.4, -0.2) is 65.9 Å². The fourth-order valence-electron chi connectivity index (χ4n) is 3.21. The molecule has 0 heterocycles. The first-order valence-corrected chi connectivity index (χ1v) is 11.5. The van der Waals surface area contributed by atoms with E-state index in [9.17, 15) is 19.2 Å².